The molecule has 0 atom stereocenters. The lowest BCUT2D eigenvalue weighted by Gasteiger charge is -2.28. The van der Waals surface area contributed by atoms with E-state index in [1.54, 1.807) is 16.9 Å². The molecule has 0 bridgehead atoms. The molecule has 1 fully saturated rings. The maximum Gasteiger partial charge on any atom is 0.117 e. The summed E-state index contributed by atoms with van der Waals surface area (Å²) in [5.41, 5.74) is 2.97. The van der Waals surface area contributed by atoms with E-state index in [0.29, 0.717) is 0 Å². The number of nitrogens with zero attached hydrogens (tertiary/aromatic N) is 2. The molecule has 0 spiro atoms. The van der Waals surface area contributed by atoms with Gasteiger partial charge in [0.15, 0.2) is 0 Å². The fourth-order valence-electron chi connectivity index (χ4n) is 3.82. The van der Waals surface area contributed by atoms with Crippen LogP contribution in [0.2, 0.25) is 0 Å². The monoisotopic (exact) mass is 342 g/mol. The average Bonchev–Trinajstić information content (AvgIpc) is 3.08. The molecule has 2 nitrogen and oxygen atoms in total. The second-order valence-electron chi connectivity index (χ2n) is 7.21. The molecule has 24 heavy (non-hydrogen) atoms. The summed E-state index contributed by atoms with van der Waals surface area (Å²) in [5, 5.41) is 11.0. The molecule has 1 aromatic heterocycles. The van der Waals surface area contributed by atoms with Crippen LogP contribution in [0.15, 0.2) is 24.3 Å². The standard InChI is InChI=1S/C21H30N2S/c1-3-5-20-22-23-21(24-20)15-10-17-8-13-19(14-9-17)18-11-6-16(4-2)7-12-18/h8-9,13-14,16,18H,3-7,10-12,15H2,1-2H3. The molecule has 0 unspecified atom stereocenters. The Hall–Kier alpha value is -1.22. The van der Waals surface area contributed by atoms with Crippen molar-refractivity contribution in [2.24, 2.45) is 5.92 Å². The zero-order valence-electron chi connectivity index (χ0n) is 15.1. The van der Waals surface area contributed by atoms with Crippen LogP contribution in [0.5, 0.6) is 0 Å². The molecular weight excluding hydrogens is 312 g/mol. The molecule has 3 rings (SSSR count). The van der Waals surface area contributed by atoms with Crippen molar-refractivity contribution in [2.45, 2.75) is 77.6 Å². The Balaban J connectivity index is 1.51. The highest BCUT2D eigenvalue weighted by Crippen LogP contribution is 2.36. The van der Waals surface area contributed by atoms with Crippen molar-refractivity contribution >= 4 is 11.3 Å². The van der Waals surface area contributed by atoms with Crippen LogP contribution < -0.4 is 0 Å². The lowest BCUT2D eigenvalue weighted by Crippen LogP contribution is -2.12. The molecule has 1 saturated carbocycles. The van der Waals surface area contributed by atoms with Crippen molar-refractivity contribution in [3.63, 3.8) is 0 Å². The summed E-state index contributed by atoms with van der Waals surface area (Å²) in [5.74, 6) is 1.77. The minimum atomic E-state index is 0.793. The molecular formula is C21H30N2S. The Kier molecular flexibility index (Phi) is 6.42. The first kappa shape index (κ1) is 17.6. The van der Waals surface area contributed by atoms with Gasteiger partial charge in [0.2, 0.25) is 0 Å². The van der Waals surface area contributed by atoms with Crippen LogP contribution in [-0.2, 0) is 19.3 Å². The fraction of sp³-hybridized carbons (Fsp3) is 0.619. The maximum absolute atomic E-state index is 4.32. The summed E-state index contributed by atoms with van der Waals surface area (Å²) in [6, 6.07) is 9.40. The fourth-order valence-corrected chi connectivity index (χ4v) is 4.76. The summed E-state index contributed by atoms with van der Waals surface area (Å²) >= 11 is 1.78. The zero-order chi connectivity index (χ0) is 16.8. The van der Waals surface area contributed by atoms with Crippen LogP contribution in [0, 0.1) is 5.92 Å². The number of hydrogen-bond acceptors (Lipinski definition) is 3. The van der Waals surface area contributed by atoms with E-state index in [1.807, 2.05) is 0 Å². The Morgan fingerprint density at radius 1 is 0.875 bits per heavy atom. The second-order valence-corrected chi connectivity index (χ2v) is 8.35. The van der Waals surface area contributed by atoms with E-state index in [0.717, 1.165) is 37.5 Å². The van der Waals surface area contributed by atoms with Gasteiger partial charge in [-0.15, -0.1) is 21.5 Å². The van der Waals surface area contributed by atoms with E-state index in [-0.39, 0.29) is 0 Å². The van der Waals surface area contributed by atoms with E-state index in [4.69, 9.17) is 0 Å². The SMILES string of the molecule is CCCc1nnc(CCc2ccc(C3CCC(CC)CC3)cc2)s1. The summed E-state index contributed by atoms with van der Waals surface area (Å²) in [6.07, 6.45) is 11.2. The van der Waals surface area contributed by atoms with Gasteiger partial charge in [-0.25, -0.2) is 0 Å². The van der Waals surface area contributed by atoms with Crippen molar-refractivity contribution in [3.8, 4) is 0 Å². The molecule has 1 aromatic carbocycles. The highest BCUT2D eigenvalue weighted by Gasteiger charge is 2.21. The number of aromatic nitrogens is 2. The van der Waals surface area contributed by atoms with E-state index >= 15 is 0 Å². The van der Waals surface area contributed by atoms with Gasteiger partial charge in [-0.05, 0) is 61.5 Å². The molecule has 0 N–H and O–H groups in total. The van der Waals surface area contributed by atoms with Crippen LogP contribution in [0.4, 0.5) is 0 Å². The third-order valence-corrected chi connectivity index (χ3v) is 6.52. The summed E-state index contributed by atoms with van der Waals surface area (Å²) in [7, 11) is 0. The van der Waals surface area contributed by atoms with Crippen LogP contribution in [0.3, 0.4) is 0 Å². The van der Waals surface area contributed by atoms with Crippen molar-refractivity contribution < 1.29 is 0 Å². The van der Waals surface area contributed by atoms with Crippen molar-refractivity contribution in [1.29, 1.82) is 0 Å². The highest BCUT2D eigenvalue weighted by atomic mass is 32.1. The third kappa shape index (κ3) is 4.66. The minimum Gasteiger partial charge on any atom is -0.144 e. The summed E-state index contributed by atoms with van der Waals surface area (Å²) in [6.45, 7) is 4.53. The third-order valence-electron chi connectivity index (χ3n) is 5.48. The largest absolute Gasteiger partial charge is 0.144 e. The lowest BCUT2D eigenvalue weighted by atomic mass is 9.78. The maximum atomic E-state index is 4.32. The lowest BCUT2D eigenvalue weighted by molar-refractivity contribution is 0.319. The van der Waals surface area contributed by atoms with Crippen molar-refractivity contribution in [3.05, 3.63) is 45.4 Å². The van der Waals surface area contributed by atoms with E-state index in [9.17, 15) is 0 Å². The molecule has 0 saturated heterocycles. The predicted octanol–water partition coefficient (Wildman–Crippen LogP) is 5.96. The number of hydrogen-bond donors (Lipinski definition) is 0. The summed E-state index contributed by atoms with van der Waals surface area (Å²) in [4.78, 5) is 0. The normalized spacial score (nSPS) is 21.1. The predicted molar refractivity (Wildman–Crippen MR) is 103 cm³/mol. The first-order chi connectivity index (χ1) is 11.8. The van der Waals surface area contributed by atoms with Gasteiger partial charge in [0, 0.05) is 12.8 Å². The molecule has 0 radical (unpaired) electrons. The van der Waals surface area contributed by atoms with Crippen molar-refractivity contribution in [2.75, 3.05) is 0 Å². The number of rotatable bonds is 7. The van der Waals surface area contributed by atoms with E-state index in [1.165, 1.54) is 47.7 Å². The van der Waals surface area contributed by atoms with Gasteiger partial charge in [0.25, 0.3) is 0 Å². The molecule has 1 aliphatic carbocycles. The van der Waals surface area contributed by atoms with Gasteiger partial charge in [-0.2, -0.15) is 0 Å². The van der Waals surface area contributed by atoms with Crippen molar-refractivity contribution in [1.82, 2.24) is 10.2 Å². The molecule has 2 aromatic rings. The smallest absolute Gasteiger partial charge is 0.117 e. The second kappa shape index (κ2) is 8.75. The van der Waals surface area contributed by atoms with Crippen LogP contribution in [0.1, 0.15) is 79.4 Å². The van der Waals surface area contributed by atoms with Gasteiger partial charge in [-0.1, -0.05) is 44.5 Å². The highest BCUT2D eigenvalue weighted by molar-refractivity contribution is 7.11. The average molecular weight is 343 g/mol. The molecule has 0 aliphatic heterocycles. The summed E-state index contributed by atoms with van der Waals surface area (Å²) < 4.78 is 0. The Labute approximate surface area is 150 Å². The molecule has 1 aliphatic rings. The Morgan fingerprint density at radius 2 is 1.54 bits per heavy atom. The van der Waals surface area contributed by atoms with Crippen LogP contribution in [-0.4, -0.2) is 10.2 Å². The van der Waals surface area contributed by atoms with E-state index in [2.05, 4.69) is 48.3 Å². The van der Waals surface area contributed by atoms with Gasteiger partial charge >= 0.3 is 0 Å². The van der Waals surface area contributed by atoms with E-state index < -0.39 is 0 Å². The minimum absolute atomic E-state index is 0.793. The molecule has 0 amide bonds. The van der Waals surface area contributed by atoms with Gasteiger partial charge in [0.05, 0.1) is 0 Å². The van der Waals surface area contributed by atoms with Gasteiger partial charge in [-0.3, -0.25) is 0 Å². The van der Waals surface area contributed by atoms with Crippen LogP contribution >= 0.6 is 11.3 Å². The van der Waals surface area contributed by atoms with Gasteiger partial charge in [0.1, 0.15) is 10.0 Å². The Morgan fingerprint density at radius 3 is 2.17 bits per heavy atom. The van der Waals surface area contributed by atoms with Gasteiger partial charge < -0.3 is 0 Å². The number of aryl methyl sites for hydroxylation is 3. The van der Waals surface area contributed by atoms with Crippen LogP contribution in [0.25, 0.3) is 0 Å². The molecule has 3 heteroatoms. The first-order valence-electron chi connectivity index (χ1n) is 9.68. The Bertz CT molecular complexity index is 609. The first-order valence-corrected chi connectivity index (χ1v) is 10.5. The quantitative estimate of drug-likeness (QED) is 0.620. The topological polar surface area (TPSA) is 25.8 Å². The number of benzene rings is 1. The zero-order valence-corrected chi connectivity index (χ0v) is 15.9. The molecule has 130 valence electrons. The molecule has 1 heterocycles.